The lowest BCUT2D eigenvalue weighted by molar-refractivity contribution is -0.458. The van der Waals surface area contributed by atoms with Crippen LogP contribution in [0.3, 0.4) is 0 Å². The van der Waals surface area contributed by atoms with Gasteiger partial charge in [-0.1, -0.05) is 23.7 Å². The average Bonchev–Trinajstić information content (AvgIpc) is 2.08. The summed E-state index contributed by atoms with van der Waals surface area (Å²) in [6.07, 6.45) is 0.884. The topological polar surface area (TPSA) is 66.0 Å². The molecular weight excluding hydrogens is 186 g/mol. The second-order valence-electron chi connectivity index (χ2n) is 2.76. The van der Waals surface area contributed by atoms with E-state index >= 15 is 0 Å². The molecule has 0 aliphatic heterocycles. The smallest absolute Gasteiger partial charge is 0.291 e. The molecule has 0 spiro atoms. The highest BCUT2D eigenvalue weighted by atomic mass is 35.5. The van der Waals surface area contributed by atoms with Gasteiger partial charge in [0, 0.05) is 11.4 Å². The molecule has 0 heterocycles. The quantitative estimate of drug-likeness (QED) is 0.442. The third-order valence-electron chi connectivity index (χ3n) is 1.66. The van der Waals surface area contributed by atoms with E-state index in [-0.39, 0.29) is 5.96 Å². The number of guanidine groups is 1. The van der Waals surface area contributed by atoms with Crippen molar-refractivity contribution in [3.8, 4) is 0 Å². The molecule has 70 valence electrons. The minimum Gasteiger partial charge on any atom is -0.291 e. The highest BCUT2D eigenvalue weighted by Gasteiger charge is 1.93. The molecule has 1 aromatic carbocycles. The Morgan fingerprint density at radius 2 is 1.85 bits per heavy atom. The van der Waals surface area contributed by atoms with Crippen LogP contribution in [-0.2, 0) is 6.42 Å². The van der Waals surface area contributed by atoms with Gasteiger partial charge in [-0.05, 0) is 17.7 Å². The van der Waals surface area contributed by atoms with E-state index in [1.54, 1.807) is 0 Å². The third kappa shape index (κ3) is 3.80. The van der Waals surface area contributed by atoms with Crippen molar-refractivity contribution in [1.82, 2.24) is 0 Å². The summed E-state index contributed by atoms with van der Waals surface area (Å²) in [6, 6.07) is 7.70. The Kier molecular flexibility index (Phi) is 3.58. The fourth-order valence-electron chi connectivity index (χ4n) is 1.00. The molecule has 13 heavy (non-hydrogen) atoms. The number of nitrogens with one attached hydrogen (secondary N) is 1. The van der Waals surface area contributed by atoms with E-state index in [1.807, 2.05) is 24.3 Å². The van der Waals surface area contributed by atoms with Gasteiger partial charge < -0.3 is 0 Å². The zero-order chi connectivity index (χ0) is 9.68. The maximum absolute atomic E-state index is 5.74. The highest BCUT2D eigenvalue weighted by Crippen LogP contribution is 2.08. The fraction of sp³-hybridized carbons (Fsp3) is 0.222. The number of benzene rings is 1. The van der Waals surface area contributed by atoms with Crippen molar-refractivity contribution in [2.45, 2.75) is 6.42 Å². The Hall–Kier alpha value is -1.22. The van der Waals surface area contributed by atoms with E-state index in [0.29, 0.717) is 0 Å². The zero-order valence-electron chi connectivity index (χ0n) is 7.26. The predicted octanol–water partition coefficient (Wildman–Crippen LogP) is -0.763. The molecule has 0 saturated heterocycles. The Morgan fingerprint density at radius 3 is 2.38 bits per heavy atom. The van der Waals surface area contributed by atoms with E-state index in [0.717, 1.165) is 18.0 Å². The third-order valence-corrected chi connectivity index (χ3v) is 1.91. The Balaban J connectivity index is 2.46. The molecule has 0 aliphatic rings. The number of hydrogen-bond donors (Lipinski definition) is 3. The molecule has 0 aromatic heterocycles. The Labute approximate surface area is 82.4 Å². The van der Waals surface area contributed by atoms with Crippen molar-refractivity contribution >= 4 is 17.6 Å². The van der Waals surface area contributed by atoms with Crippen LogP contribution < -0.4 is 16.5 Å². The first-order valence-corrected chi connectivity index (χ1v) is 4.42. The van der Waals surface area contributed by atoms with Gasteiger partial charge in [0.1, 0.15) is 0 Å². The number of nitrogens with two attached hydrogens (primary N) is 2. The van der Waals surface area contributed by atoms with Crippen molar-refractivity contribution < 1.29 is 4.99 Å². The minimum absolute atomic E-state index is 0.258. The van der Waals surface area contributed by atoms with E-state index in [2.05, 4.69) is 4.99 Å². The van der Waals surface area contributed by atoms with E-state index < -0.39 is 0 Å². The summed E-state index contributed by atoms with van der Waals surface area (Å²) in [7, 11) is 0. The summed E-state index contributed by atoms with van der Waals surface area (Å²) in [4.78, 5) is 2.85. The first-order valence-electron chi connectivity index (χ1n) is 4.04. The Bertz CT molecular complexity index is 288. The summed E-state index contributed by atoms with van der Waals surface area (Å²) >= 11 is 5.74. The van der Waals surface area contributed by atoms with E-state index in [9.17, 15) is 0 Å². The van der Waals surface area contributed by atoms with Gasteiger partial charge in [0.2, 0.25) is 0 Å². The van der Waals surface area contributed by atoms with Crippen molar-refractivity contribution in [1.29, 1.82) is 0 Å². The second-order valence-corrected chi connectivity index (χ2v) is 3.20. The van der Waals surface area contributed by atoms with Crippen LogP contribution >= 0.6 is 11.6 Å². The maximum atomic E-state index is 5.74. The van der Waals surface area contributed by atoms with Crippen LogP contribution in [0.1, 0.15) is 5.56 Å². The zero-order valence-corrected chi connectivity index (χ0v) is 8.01. The summed E-state index contributed by atoms with van der Waals surface area (Å²) in [5.41, 5.74) is 11.7. The van der Waals surface area contributed by atoms with Crippen LogP contribution in [0.25, 0.3) is 0 Å². The summed E-state index contributed by atoms with van der Waals surface area (Å²) in [5, 5.41) is 0.751. The minimum atomic E-state index is 0.258. The van der Waals surface area contributed by atoms with Crippen molar-refractivity contribution in [2.75, 3.05) is 6.54 Å². The standard InChI is InChI=1S/C9H12ClN3/c10-8-3-1-7(2-4-8)5-6-13-9(11)12/h1-4H,5-6H2,(H4,11,12,13)/p+1. The molecule has 0 fully saturated rings. The van der Waals surface area contributed by atoms with Crippen molar-refractivity contribution in [3.63, 3.8) is 0 Å². The summed E-state index contributed by atoms with van der Waals surface area (Å²) in [6.45, 7) is 0.740. The summed E-state index contributed by atoms with van der Waals surface area (Å²) < 4.78 is 0. The lowest BCUT2D eigenvalue weighted by Gasteiger charge is -1.97. The number of rotatable bonds is 3. The van der Waals surface area contributed by atoms with E-state index in [1.165, 1.54) is 5.56 Å². The van der Waals surface area contributed by atoms with Gasteiger partial charge in [-0.15, -0.1) is 0 Å². The molecule has 0 atom stereocenters. The maximum Gasteiger partial charge on any atom is 0.338 e. The van der Waals surface area contributed by atoms with Gasteiger partial charge in [0.25, 0.3) is 0 Å². The SMILES string of the molecule is NC(N)=[NH+]CCc1ccc(Cl)cc1. The van der Waals surface area contributed by atoms with Gasteiger partial charge in [-0.2, -0.15) is 0 Å². The normalized spacial score (nSPS) is 9.62. The van der Waals surface area contributed by atoms with Crippen LogP contribution in [0, 0.1) is 0 Å². The first kappa shape index (κ1) is 9.86. The van der Waals surface area contributed by atoms with Crippen LogP contribution in [0.2, 0.25) is 5.02 Å². The van der Waals surface area contributed by atoms with Crippen LogP contribution in [0.5, 0.6) is 0 Å². The van der Waals surface area contributed by atoms with Gasteiger partial charge in [0.05, 0.1) is 6.54 Å². The molecule has 0 aliphatic carbocycles. The van der Waals surface area contributed by atoms with Crippen LogP contribution in [0.15, 0.2) is 24.3 Å². The molecule has 5 N–H and O–H groups in total. The van der Waals surface area contributed by atoms with Gasteiger partial charge in [-0.25, -0.2) is 0 Å². The molecule has 0 bridgehead atoms. The number of hydrogen-bond acceptors (Lipinski definition) is 0. The van der Waals surface area contributed by atoms with Crippen molar-refractivity contribution in [3.05, 3.63) is 34.9 Å². The van der Waals surface area contributed by atoms with Gasteiger partial charge in [-0.3, -0.25) is 16.5 Å². The molecule has 0 saturated carbocycles. The highest BCUT2D eigenvalue weighted by molar-refractivity contribution is 6.30. The largest absolute Gasteiger partial charge is 0.338 e. The van der Waals surface area contributed by atoms with E-state index in [4.69, 9.17) is 23.1 Å². The molecule has 1 aromatic rings. The van der Waals surface area contributed by atoms with Crippen molar-refractivity contribution in [2.24, 2.45) is 11.5 Å². The van der Waals surface area contributed by atoms with Crippen LogP contribution in [-0.4, -0.2) is 12.5 Å². The molecule has 0 amide bonds. The lowest BCUT2D eigenvalue weighted by Crippen LogP contribution is -2.78. The molecule has 4 heteroatoms. The predicted molar refractivity (Wildman–Crippen MR) is 54.4 cm³/mol. The van der Waals surface area contributed by atoms with Crippen LogP contribution in [0.4, 0.5) is 0 Å². The molecule has 1 rings (SSSR count). The summed E-state index contributed by atoms with van der Waals surface area (Å²) in [5.74, 6) is 0.258. The second kappa shape index (κ2) is 4.72. The Morgan fingerprint density at radius 1 is 1.23 bits per heavy atom. The fourth-order valence-corrected chi connectivity index (χ4v) is 1.13. The molecule has 3 nitrogen and oxygen atoms in total. The molecule has 0 unspecified atom stereocenters. The monoisotopic (exact) mass is 198 g/mol. The molecular formula is C9H13ClN3+. The molecule has 0 radical (unpaired) electrons. The number of halogens is 1. The average molecular weight is 199 g/mol. The lowest BCUT2D eigenvalue weighted by atomic mass is 10.1. The van der Waals surface area contributed by atoms with Gasteiger partial charge >= 0.3 is 5.96 Å². The van der Waals surface area contributed by atoms with Gasteiger partial charge in [0.15, 0.2) is 0 Å². The first-order chi connectivity index (χ1) is 6.18.